The van der Waals surface area contributed by atoms with Crippen LogP contribution in [0.15, 0.2) is 24.3 Å². The van der Waals surface area contributed by atoms with Crippen molar-refractivity contribution in [1.82, 2.24) is 4.90 Å². The van der Waals surface area contributed by atoms with Gasteiger partial charge >= 0.3 is 0 Å². The van der Waals surface area contributed by atoms with Crippen molar-refractivity contribution in [2.75, 3.05) is 32.5 Å². The lowest BCUT2D eigenvalue weighted by molar-refractivity contribution is 0.405. The van der Waals surface area contributed by atoms with E-state index >= 15 is 0 Å². The van der Waals surface area contributed by atoms with Gasteiger partial charge in [-0.1, -0.05) is 6.07 Å². The van der Waals surface area contributed by atoms with Crippen molar-refractivity contribution in [3.05, 3.63) is 30.1 Å². The molecule has 0 radical (unpaired) electrons. The lowest BCUT2D eigenvalue weighted by Crippen LogP contribution is -2.16. The highest BCUT2D eigenvalue weighted by Crippen LogP contribution is 2.08. The normalized spacial score (nSPS) is 10.6. The van der Waals surface area contributed by atoms with Crippen molar-refractivity contribution in [3.63, 3.8) is 0 Å². The fourth-order valence-corrected chi connectivity index (χ4v) is 1.23. The number of benzene rings is 1. The predicted octanol–water partition coefficient (Wildman–Crippen LogP) is 2.19. The van der Waals surface area contributed by atoms with E-state index in [9.17, 15) is 4.39 Å². The molecule has 3 heteroatoms. The van der Waals surface area contributed by atoms with Gasteiger partial charge in [0.25, 0.3) is 0 Å². The number of anilines is 1. The molecule has 1 N–H and O–H groups in total. The molecular weight excluding hydrogens is 179 g/mol. The zero-order chi connectivity index (χ0) is 10.4. The maximum atomic E-state index is 12.8. The number of halogens is 1. The Morgan fingerprint density at radius 1 is 1.36 bits per heavy atom. The average Bonchev–Trinajstić information content (AvgIpc) is 2.12. The zero-order valence-electron chi connectivity index (χ0n) is 8.76. The molecule has 78 valence electrons. The van der Waals surface area contributed by atoms with Crippen LogP contribution in [-0.4, -0.2) is 32.1 Å². The van der Waals surface area contributed by atoms with Gasteiger partial charge in [-0.05, 0) is 45.3 Å². The number of nitrogens with one attached hydrogen (secondary N) is 1. The van der Waals surface area contributed by atoms with E-state index in [2.05, 4.69) is 10.2 Å². The van der Waals surface area contributed by atoms with E-state index in [1.165, 1.54) is 12.1 Å². The first-order valence-electron chi connectivity index (χ1n) is 4.82. The van der Waals surface area contributed by atoms with Crippen LogP contribution in [0.1, 0.15) is 6.42 Å². The molecule has 0 amide bonds. The van der Waals surface area contributed by atoms with Crippen LogP contribution >= 0.6 is 0 Å². The van der Waals surface area contributed by atoms with Gasteiger partial charge in [0, 0.05) is 12.2 Å². The summed E-state index contributed by atoms with van der Waals surface area (Å²) in [5.74, 6) is -0.192. The van der Waals surface area contributed by atoms with Gasteiger partial charge in [-0.3, -0.25) is 0 Å². The first-order chi connectivity index (χ1) is 6.68. The third-order valence-corrected chi connectivity index (χ3v) is 1.94. The summed E-state index contributed by atoms with van der Waals surface area (Å²) in [7, 11) is 4.09. The molecule has 1 aromatic carbocycles. The van der Waals surface area contributed by atoms with Crippen molar-refractivity contribution >= 4 is 5.69 Å². The van der Waals surface area contributed by atoms with E-state index < -0.39 is 0 Å². The van der Waals surface area contributed by atoms with Gasteiger partial charge in [0.15, 0.2) is 0 Å². The molecule has 0 aliphatic heterocycles. The van der Waals surface area contributed by atoms with Crippen LogP contribution in [0.5, 0.6) is 0 Å². The fourth-order valence-electron chi connectivity index (χ4n) is 1.23. The Morgan fingerprint density at radius 2 is 2.14 bits per heavy atom. The third kappa shape index (κ3) is 4.23. The van der Waals surface area contributed by atoms with Gasteiger partial charge < -0.3 is 10.2 Å². The molecule has 0 aliphatic rings. The molecule has 0 heterocycles. The SMILES string of the molecule is CN(C)CCCNc1cccc(F)c1. The van der Waals surface area contributed by atoms with Crippen LogP contribution in [0, 0.1) is 5.82 Å². The standard InChI is InChI=1S/C11H17FN2/c1-14(2)8-4-7-13-11-6-3-5-10(12)9-11/h3,5-6,9,13H,4,7-8H2,1-2H3. The highest BCUT2D eigenvalue weighted by Gasteiger charge is 1.94. The molecule has 0 aromatic heterocycles. The van der Waals surface area contributed by atoms with Crippen LogP contribution in [0.3, 0.4) is 0 Å². The summed E-state index contributed by atoms with van der Waals surface area (Å²) in [6.45, 7) is 1.92. The van der Waals surface area contributed by atoms with Crippen LogP contribution in [0.4, 0.5) is 10.1 Å². The van der Waals surface area contributed by atoms with E-state index in [4.69, 9.17) is 0 Å². The monoisotopic (exact) mass is 196 g/mol. The Kier molecular flexibility index (Phi) is 4.40. The molecule has 1 rings (SSSR count). The molecule has 1 aromatic rings. The van der Waals surface area contributed by atoms with Gasteiger partial charge in [-0.25, -0.2) is 4.39 Å². The van der Waals surface area contributed by atoms with E-state index in [1.807, 2.05) is 20.2 Å². The van der Waals surface area contributed by atoms with Crippen molar-refractivity contribution in [2.24, 2.45) is 0 Å². The van der Waals surface area contributed by atoms with Gasteiger partial charge in [0.1, 0.15) is 5.82 Å². The predicted molar refractivity (Wildman–Crippen MR) is 58.1 cm³/mol. The molecular formula is C11H17FN2. The second kappa shape index (κ2) is 5.60. The largest absolute Gasteiger partial charge is 0.385 e. The second-order valence-electron chi connectivity index (χ2n) is 3.59. The molecule has 0 spiro atoms. The Labute approximate surface area is 84.7 Å². The van der Waals surface area contributed by atoms with Gasteiger partial charge in [0.2, 0.25) is 0 Å². The molecule has 0 bridgehead atoms. The second-order valence-corrected chi connectivity index (χ2v) is 3.59. The summed E-state index contributed by atoms with van der Waals surface area (Å²) in [5, 5.41) is 3.17. The molecule has 0 saturated heterocycles. The van der Waals surface area contributed by atoms with Crippen molar-refractivity contribution in [3.8, 4) is 0 Å². The topological polar surface area (TPSA) is 15.3 Å². The molecule has 0 unspecified atom stereocenters. The van der Waals surface area contributed by atoms with Crippen LogP contribution in [0.25, 0.3) is 0 Å². The summed E-state index contributed by atoms with van der Waals surface area (Å²) >= 11 is 0. The number of nitrogens with zero attached hydrogens (tertiary/aromatic N) is 1. The Balaban J connectivity index is 2.25. The van der Waals surface area contributed by atoms with Crippen LogP contribution in [-0.2, 0) is 0 Å². The van der Waals surface area contributed by atoms with Gasteiger partial charge in [0.05, 0.1) is 0 Å². The summed E-state index contributed by atoms with van der Waals surface area (Å²) in [5.41, 5.74) is 0.851. The highest BCUT2D eigenvalue weighted by molar-refractivity contribution is 5.42. The minimum atomic E-state index is -0.192. The first-order valence-corrected chi connectivity index (χ1v) is 4.82. The lowest BCUT2D eigenvalue weighted by atomic mass is 10.3. The molecule has 14 heavy (non-hydrogen) atoms. The number of hydrogen-bond donors (Lipinski definition) is 1. The maximum Gasteiger partial charge on any atom is 0.125 e. The molecule has 0 atom stereocenters. The van der Waals surface area contributed by atoms with E-state index in [0.717, 1.165) is 25.2 Å². The maximum absolute atomic E-state index is 12.8. The van der Waals surface area contributed by atoms with E-state index in [-0.39, 0.29) is 5.82 Å². The molecule has 0 saturated carbocycles. The van der Waals surface area contributed by atoms with E-state index in [0.29, 0.717) is 0 Å². The van der Waals surface area contributed by atoms with Crippen molar-refractivity contribution in [1.29, 1.82) is 0 Å². The van der Waals surface area contributed by atoms with Crippen LogP contribution in [0.2, 0.25) is 0 Å². The lowest BCUT2D eigenvalue weighted by Gasteiger charge is -2.10. The quantitative estimate of drug-likeness (QED) is 0.726. The molecule has 2 nitrogen and oxygen atoms in total. The summed E-state index contributed by atoms with van der Waals surface area (Å²) in [4.78, 5) is 2.13. The number of rotatable bonds is 5. The summed E-state index contributed by atoms with van der Waals surface area (Å²) in [6.07, 6.45) is 1.06. The fraction of sp³-hybridized carbons (Fsp3) is 0.455. The third-order valence-electron chi connectivity index (χ3n) is 1.94. The summed E-state index contributed by atoms with van der Waals surface area (Å²) < 4.78 is 12.8. The van der Waals surface area contributed by atoms with Crippen molar-refractivity contribution < 1.29 is 4.39 Å². The van der Waals surface area contributed by atoms with Gasteiger partial charge in [-0.2, -0.15) is 0 Å². The van der Waals surface area contributed by atoms with Gasteiger partial charge in [-0.15, -0.1) is 0 Å². The van der Waals surface area contributed by atoms with E-state index in [1.54, 1.807) is 6.07 Å². The highest BCUT2D eigenvalue weighted by atomic mass is 19.1. The zero-order valence-corrected chi connectivity index (χ0v) is 8.76. The first kappa shape index (κ1) is 11.0. The Morgan fingerprint density at radius 3 is 2.79 bits per heavy atom. The summed E-state index contributed by atoms with van der Waals surface area (Å²) in [6, 6.07) is 6.54. The van der Waals surface area contributed by atoms with Crippen LogP contribution < -0.4 is 5.32 Å². The molecule has 0 aliphatic carbocycles. The Bertz CT molecular complexity index is 274. The minimum Gasteiger partial charge on any atom is -0.385 e. The number of hydrogen-bond acceptors (Lipinski definition) is 2. The van der Waals surface area contributed by atoms with Crippen molar-refractivity contribution in [2.45, 2.75) is 6.42 Å². The Hall–Kier alpha value is -1.09. The molecule has 0 fully saturated rings. The minimum absolute atomic E-state index is 0.192. The smallest absolute Gasteiger partial charge is 0.125 e. The average molecular weight is 196 g/mol.